The van der Waals surface area contributed by atoms with Crippen molar-refractivity contribution in [3.05, 3.63) is 93.8 Å². The highest BCUT2D eigenvalue weighted by atomic mass is 35.5. The fourth-order valence-corrected chi connectivity index (χ4v) is 5.32. The van der Waals surface area contributed by atoms with Crippen LogP contribution >= 0.6 is 24.0 Å². The van der Waals surface area contributed by atoms with Crippen molar-refractivity contribution in [1.29, 1.82) is 0 Å². The number of hydrogen-bond acceptors (Lipinski definition) is 1. The Bertz CT molecular complexity index is 1270. The molecule has 1 fully saturated rings. The molecule has 1 saturated heterocycles. The molecule has 33 heavy (non-hydrogen) atoms. The topological polar surface area (TPSA) is 19.0 Å². The quantitative estimate of drug-likeness (QED) is 0.311. The van der Waals surface area contributed by atoms with Gasteiger partial charge in [0.1, 0.15) is 5.82 Å². The van der Waals surface area contributed by atoms with Crippen LogP contribution in [0.4, 0.5) is 4.39 Å². The number of fused-ring (bicyclic) bond motifs is 1. The van der Waals surface area contributed by atoms with Gasteiger partial charge in [0, 0.05) is 28.0 Å². The second-order valence-electron chi connectivity index (χ2n) is 8.99. The average Bonchev–Trinajstić information content (AvgIpc) is 3.16. The fraction of sp³-hybridized carbons (Fsp3) is 0.286. The van der Waals surface area contributed by atoms with E-state index in [1.165, 1.54) is 28.3 Å². The molecule has 0 amide bonds. The second kappa shape index (κ2) is 9.89. The van der Waals surface area contributed by atoms with Gasteiger partial charge in [-0.2, -0.15) is 0 Å². The number of H-pyrrole nitrogens is 1. The third-order valence-corrected chi connectivity index (χ3v) is 7.38. The number of likely N-dealkylation sites (tertiary alicyclic amines) is 1. The van der Waals surface area contributed by atoms with Gasteiger partial charge in [-0.05, 0) is 92.2 Å². The van der Waals surface area contributed by atoms with E-state index in [0.717, 1.165) is 54.6 Å². The van der Waals surface area contributed by atoms with E-state index >= 15 is 0 Å². The zero-order valence-corrected chi connectivity index (χ0v) is 20.6. The minimum absolute atomic E-state index is 0. The van der Waals surface area contributed by atoms with Crippen LogP contribution in [0.2, 0.25) is 5.02 Å². The molecule has 0 unspecified atom stereocenters. The highest BCUT2D eigenvalue weighted by molar-refractivity contribution is 6.33. The number of halogens is 3. The molecule has 1 aliphatic heterocycles. The van der Waals surface area contributed by atoms with Gasteiger partial charge in [-0.15, -0.1) is 12.4 Å². The largest absolute Gasteiger partial charge is 0.354 e. The van der Waals surface area contributed by atoms with Crippen LogP contribution in [0, 0.1) is 19.7 Å². The van der Waals surface area contributed by atoms with E-state index in [1.807, 2.05) is 30.3 Å². The summed E-state index contributed by atoms with van der Waals surface area (Å²) in [5.41, 5.74) is 8.34. The molecule has 2 nitrogen and oxygen atoms in total. The molecule has 4 aromatic rings. The minimum Gasteiger partial charge on any atom is -0.354 e. The van der Waals surface area contributed by atoms with Crippen molar-refractivity contribution in [3.8, 4) is 11.3 Å². The number of aryl methyl sites for hydroxylation is 1. The molecule has 1 aliphatic rings. The number of hydrogen-bond donors (Lipinski definition) is 1. The third-order valence-electron chi connectivity index (χ3n) is 7.05. The molecular weight excluding hydrogens is 454 g/mol. The first-order valence-corrected chi connectivity index (χ1v) is 11.7. The van der Waals surface area contributed by atoms with E-state index in [4.69, 9.17) is 11.6 Å². The second-order valence-corrected chi connectivity index (χ2v) is 9.40. The molecule has 0 aliphatic carbocycles. The van der Waals surface area contributed by atoms with Gasteiger partial charge in [0.15, 0.2) is 0 Å². The first-order valence-electron chi connectivity index (χ1n) is 11.3. The molecule has 3 aromatic carbocycles. The normalized spacial score (nSPS) is 15.0. The molecule has 0 radical (unpaired) electrons. The van der Waals surface area contributed by atoms with Gasteiger partial charge in [0.25, 0.3) is 0 Å². The number of piperidine rings is 1. The molecule has 0 saturated carbocycles. The number of nitrogens with one attached hydrogen (secondary N) is 1. The van der Waals surface area contributed by atoms with Crippen molar-refractivity contribution in [1.82, 2.24) is 9.88 Å². The summed E-state index contributed by atoms with van der Waals surface area (Å²) in [5.74, 6) is 0.169. The van der Waals surface area contributed by atoms with Crippen LogP contribution in [0.15, 0.2) is 60.7 Å². The molecule has 0 atom stereocenters. The molecular formula is C28H29Cl2FN2. The van der Waals surface area contributed by atoms with E-state index in [9.17, 15) is 4.39 Å². The van der Waals surface area contributed by atoms with Gasteiger partial charge in [-0.3, -0.25) is 4.90 Å². The Balaban J connectivity index is 0.00000259. The van der Waals surface area contributed by atoms with Crippen molar-refractivity contribution < 1.29 is 4.39 Å². The summed E-state index contributed by atoms with van der Waals surface area (Å²) in [6.07, 6.45) is 2.09. The number of aromatic amines is 1. The van der Waals surface area contributed by atoms with Crippen molar-refractivity contribution in [2.45, 2.75) is 39.2 Å². The van der Waals surface area contributed by atoms with Gasteiger partial charge < -0.3 is 4.98 Å². The fourth-order valence-electron chi connectivity index (χ4n) is 5.09. The molecule has 2 heterocycles. The van der Waals surface area contributed by atoms with Crippen LogP contribution in [0.5, 0.6) is 0 Å². The standard InChI is InChI=1S/C28H28ClFN2.ClH/c1-18-6-5-7-21(19(18)2)17-32-14-12-20(13-15-32)27-24-16-22(30)10-11-26(24)31-28(27)23-8-3-4-9-25(23)29;/h3-11,16,20,31H,12-15,17H2,1-2H3;1H. The maximum Gasteiger partial charge on any atom is 0.123 e. The number of benzene rings is 3. The van der Waals surface area contributed by atoms with Gasteiger partial charge >= 0.3 is 0 Å². The lowest BCUT2D eigenvalue weighted by molar-refractivity contribution is 0.205. The Morgan fingerprint density at radius 2 is 1.76 bits per heavy atom. The van der Waals surface area contributed by atoms with Gasteiger partial charge in [0.05, 0.1) is 5.69 Å². The molecule has 0 bridgehead atoms. The van der Waals surface area contributed by atoms with Crippen LogP contribution in [-0.4, -0.2) is 23.0 Å². The number of rotatable bonds is 4. The molecule has 0 spiro atoms. The highest BCUT2D eigenvalue weighted by Crippen LogP contribution is 2.42. The monoisotopic (exact) mass is 482 g/mol. The zero-order valence-electron chi connectivity index (χ0n) is 19.0. The van der Waals surface area contributed by atoms with Gasteiger partial charge in [0.2, 0.25) is 0 Å². The van der Waals surface area contributed by atoms with Crippen molar-refractivity contribution >= 4 is 34.9 Å². The minimum atomic E-state index is -0.198. The molecule has 1 aromatic heterocycles. The van der Waals surface area contributed by atoms with Crippen LogP contribution in [-0.2, 0) is 6.54 Å². The summed E-state index contributed by atoms with van der Waals surface area (Å²) >= 11 is 6.57. The third kappa shape index (κ3) is 4.68. The van der Waals surface area contributed by atoms with Crippen molar-refractivity contribution in [3.63, 3.8) is 0 Å². The van der Waals surface area contributed by atoms with Crippen LogP contribution < -0.4 is 0 Å². The first-order chi connectivity index (χ1) is 15.5. The Labute approximate surface area is 206 Å². The average molecular weight is 483 g/mol. The van der Waals surface area contributed by atoms with E-state index in [0.29, 0.717) is 10.9 Å². The number of aromatic nitrogens is 1. The van der Waals surface area contributed by atoms with Crippen LogP contribution in [0.3, 0.4) is 0 Å². The van der Waals surface area contributed by atoms with Crippen molar-refractivity contribution in [2.75, 3.05) is 13.1 Å². The molecule has 5 rings (SSSR count). The van der Waals surface area contributed by atoms with Crippen LogP contribution in [0.25, 0.3) is 22.2 Å². The Hall–Kier alpha value is -2.33. The Kier molecular flexibility index (Phi) is 7.13. The summed E-state index contributed by atoms with van der Waals surface area (Å²) in [6, 6.07) is 19.5. The highest BCUT2D eigenvalue weighted by Gasteiger charge is 2.27. The first kappa shape index (κ1) is 23.8. The van der Waals surface area contributed by atoms with Gasteiger partial charge in [-0.25, -0.2) is 4.39 Å². The lowest BCUT2D eigenvalue weighted by Gasteiger charge is -2.33. The summed E-state index contributed by atoms with van der Waals surface area (Å²) < 4.78 is 14.2. The predicted molar refractivity (Wildman–Crippen MR) is 139 cm³/mol. The van der Waals surface area contributed by atoms with E-state index in [2.05, 4.69) is 41.9 Å². The SMILES string of the molecule is Cc1cccc(CN2CCC(c3c(-c4ccccc4Cl)[nH]c4ccc(F)cc34)CC2)c1C.Cl. The van der Waals surface area contributed by atoms with E-state index in [-0.39, 0.29) is 18.2 Å². The van der Waals surface area contributed by atoms with Crippen LogP contribution in [0.1, 0.15) is 41.0 Å². The smallest absolute Gasteiger partial charge is 0.123 e. The Morgan fingerprint density at radius 1 is 1.00 bits per heavy atom. The van der Waals surface area contributed by atoms with Gasteiger partial charge in [-0.1, -0.05) is 48.0 Å². The Morgan fingerprint density at radius 3 is 2.52 bits per heavy atom. The predicted octanol–water partition coefficient (Wildman–Crippen LogP) is 8.05. The van der Waals surface area contributed by atoms with Crippen molar-refractivity contribution in [2.24, 2.45) is 0 Å². The molecule has 5 heteroatoms. The van der Waals surface area contributed by atoms with E-state index < -0.39 is 0 Å². The maximum absolute atomic E-state index is 14.2. The maximum atomic E-state index is 14.2. The molecule has 1 N–H and O–H groups in total. The summed E-state index contributed by atoms with van der Waals surface area (Å²) in [6.45, 7) is 7.44. The lowest BCUT2D eigenvalue weighted by Crippen LogP contribution is -2.32. The number of nitrogens with zero attached hydrogens (tertiary/aromatic N) is 1. The summed E-state index contributed by atoms with van der Waals surface area (Å²) in [5, 5.41) is 1.70. The molecule has 172 valence electrons. The lowest BCUT2D eigenvalue weighted by atomic mass is 9.85. The zero-order chi connectivity index (χ0) is 22.2. The summed E-state index contributed by atoms with van der Waals surface area (Å²) in [4.78, 5) is 6.09. The summed E-state index contributed by atoms with van der Waals surface area (Å²) in [7, 11) is 0. The van der Waals surface area contributed by atoms with E-state index in [1.54, 1.807) is 6.07 Å².